The number of likely N-dealkylation sites (tertiary alicyclic amines) is 1. The maximum absolute atomic E-state index is 13.0. The molecule has 2 aromatic rings. The van der Waals surface area contributed by atoms with Gasteiger partial charge in [0.15, 0.2) is 11.5 Å². The molecular weight excluding hydrogens is 382 g/mol. The summed E-state index contributed by atoms with van der Waals surface area (Å²) in [6, 6.07) is 7.09. The van der Waals surface area contributed by atoms with E-state index in [0.717, 1.165) is 18.5 Å². The van der Waals surface area contributed by atoms with Crippen LogP contribution in [-0.4, -0.2) is 46.7 Å². The molecule has 7 nitrogen and oxygen atoms in total. The zero-order valence-electron chi connectivity index (χ0n) is 17.9. The first kappa shape index (κ1) is 20.4. The van der Waals surface area contributed by atoms with Gasteiger partial charge in [0, 0.05) is 31.1 Å². The minimum Gasteiger partial charge on any atom is -0.486 e. The molecule has 1 amide bonds. The molecule has 160 valence electrons. The SMILES string of the molecule is CC(C)(C)c1cc(=O)n(CC2CCN(C(=O)c3cccc4c3OCCO4)CC2)cn1. The number of benzene rings is 1. The summed E-state index contributed by atoms with van der Waals surface area (Å²) in [5, 5.41) is 0. The topological polar surface area (TPSA) is 73.7 Å². The fourth-order valence-electron chi connectivity index (χ4n) is 3.98. The molecule has 7 heteroatoms. The quantitative estimate of drug-likeness (QED) is 0.777. The van der Waals surface area contributed by atoms with Crippen molar-refractivity contribution in [2.75, 3.05) is 26.3 Å². The van der Waals surface area contributed by atoms with E-state index in [4.69, 9.17) is 9.47 Å². The Hall–Kier alpha value is -2.83. The lowest BCUT2D eigenvalue weighted by Gasteiger charge is -2.33. The van der Waals surface area contributed by atoms with Crippen molar-refractivity contribution in [2.24, 2.45) is 5.92 Å². The molecule has 3 heterocycles. The van der Waals surface area contributed by atoms with Crippen LogP contribution >= 0.6 is 0 Å². The molecule has 0 saturated carbocycles. The number of para-hydroxylation sites is 1. The van der Waals surface area contributed by atoms with Gasteiger partial charge in [-0.15, -0.1) is 0 Å². The summed E-state index contributed by atoms with van der Waals surface area (Å²) in [6.07, 6.45) is 3.37. The van der Waals surface area contributed by atoms with Crippen molar-refractivity contribution in [3.63, 3.8) is 0 Å². The second-order valence-electron chi connectivity index (χ2n) is 9.08. The molecule has 0 spiro atoms. The largest absolute Gasteiger partial charge is 0.486 e. The van der Waals surface area contributed by atoms with Gasteiger partial charge in [-0.2, -0.15) is 0 Å². The number of fused-ring (bicyclic) bond motifs is 1. The molecular formula is C23H29N3O4. The van der Waals surface area contributed by atoms with E-state index >= 15 is 0 Å². The minimum absolute atomic E-state index is 0.0125. The highest BCUT2D eigenvalue weighted by Gasteiger charge is 2.28. The van der Waals surface area contributed by atoms with Gasteiger partial charge in [-0.05, 0) is 30.9 Å². The summed E-state index contributed by atoms with van der Waals surface area (Å²) < 4.78 is 13.0. The number of aromatic nitrogens is 2. The summed E-state index contributed by atoms with van der Waals surface area (Å²) in [7, 11) is 0. The Bertz CT molecular complexity index is 985. The molecule has 1 aromatic heterocycles. The van der Waals surface area contributed by atoms with Gasteiger partial charge >= 0.3 is 0 Å². The fraction of sp³-hybridized carbons (Fsp3) is 0.522. The van der Waals surface area contributed by atoms with Crippen molar-refractivity contribution in [3.05, 3.63) is 52.2 Å². The van der Waals surface area contributed by atoms with Gasteiger partial charge in [0.05, 0.1) is 17.6 Å². The third kappa shape index (κ3) is 4.20. The zero-order chi connectivity index (χ0) is 21.3. The molecule has 0 N–H and O–H groups in total. The lowest BCUT2D eigenvalue weighted by atomic mass is 9.92. The molecule has 0 bridgehead atoms. The van der Waals surface area contributed by atoms with Gasteiger partial charge in [-0.25, -0.2) is 4.98 Å². The number of carbonyl (C=O) groups is 1. The van der Waals surface area contributed by atoms with Crippen molar-refractivity contribution in [1.82, 2.24) is 14.5 Å². The van der Waals surface area contributed by atoms with Crippen LogP contribution in [-0.2, 0) is 12.0 Å². The van der Waals surface area contributed by atoms with Gasteiger partial charge in [0.2, 0.25) is 0 Å². The number of ether oxygens (including phenoxy) is 2. The van der Waals surface area contributed by atoms with E-state index in [1.54, 1.807) is 23.0 Å². The first-order valence-corrected chi connectivity index (χ1v) is 10.6. The van der Waals surface area contributed by atoms with Crippen LogP contribution in [0, 0.1) is 5.92 Å². The first-order valence-electron chi connectivity index (χ1n) is 10.6. The standard InChI is InChI=1S/C23H29N3O4/c1-23(2,3)19-13-20(27)26(15-24-19)14-16-7-9-25(10-8-16)22(28)17-5-4-6-18-21(17)30-12-11-29-18/h4-6,13,15-16H,7-12,14H2,1-3H3. The van der Waals surface area contributed by atoms with Crippen LogP contribution in [0.4, 0.5) is 0 Å². The zero-order valence-corrected chi connectivity index (χ0v) is 17.9. The fourth-order valence-corrected chi connectivity index (χ4v) is 3.98. The van der Waals surface area contributed by atoms with E-state index in [9.17, 15) is 9.59 Å². The number of piperidine rings is 1. The van der Waals surface area contributed by atoms with E-state index < -0.39 is 0 Å². The van der Waals surface area contributed by atoms with Gasteiger partial charge in [0.1, 0.15) is 13.2 Å². The molecule has 1 fully saturated rings. The van der Waals surface area contributed by atoms with Crippen molar-refractivity contribution in [3.8, 4) is 11.5 Å². The number of hydrogen-bond acceptors (Lipinski definition) is 5. The van der Waals surface area contributed by atoms with Crippen LogP contribution in [0.5, 0.6) is 11.5 Å². The van der Waals surface area contributed by atoms with E-state index in [1.165, 1.54) is 0 Å². The molecule has 1 aromatic carbocycles. The molecule has 2 aliphatic heterocycles. The first-order chi connectivity index (χ1) is 14.3. The third-order valence-electron chi connectivity index (χ3n) is 5.80. The van der Waals surface area contributed by atoms with Crippen molar-refractivity contribution < 1.29 is 14.3 Å². The molecule has 2 aliphatic rings. The minimum atomic E-state index is -0.144. The van der Waals surface area contributed by atoms with Gasteiger partial charge in [-0.1, -0.05) is 26.8 Å². The lowest BCUT2D eigenvalue weighted by molar-refractivity contribution is 0.0672. The van der Waals surface area contributed by atoms with Crippen LogP contribution in [0.3, 0.4) is 0 Å². The predicted molar refractivity (Wildman–Crippen MR) is 113 cm³/mol. The summed E-state index contributed by atoms with van der Waals surface area (Å²) in [5.41, 5.74) is 1.21. The van der Waals surface area contributed by atoms with Gasteiger partial charge in [0.25, 0.3) is 11.5 Å². The van der Waals surface area contributed by atoms with Crippen LogP contribution in [0.2, 0.25) is 0 Å². The maximum atomic E-state index is 13.0. The molecule has 1 saturated heterocycles. The predicted octanol–water partition coefficient (Wildman–Crippen LogP) is 2.86. The second-order valence-corrected chi connectivity index (χ2v) is 9.08. The Labute approximate surface area is 176 Å². The number of rotatable bonds is 3. The molecule has 30 heavy (non-hydrogen) atoms. The monoisotopic (exact) mass is 411 g/mol. The van der Waals surface area contributed by atoms with Crippen LogP contribution in [0.1, 0.15) is 49.7 Å². The maximum Gasteiger partial charge on any atom is 0.257 e. The average Bonchev–Trinajstić information content (AvgIpc) is 2.74. The second kappa shape index (κ2) is 8.13. The molecule has 0 atom stereocenters. The average molecular weight is 412 g/mol. The Kier molecular flexibility index (Phi) is 5.54. The van der Waals surface area contributed by atoms with Crippen LogP contribution in [0.25, 0.3) is 0 Å². The highest BCUT2D eigenvalue weighted by molar-refractivity contribution is 5.98. The highest BCUT2D eigenvalue weighted by Crippen LogP contribution is 2.35. The Morgan fingerprint density at radius 3 is 2.60 bits per heavy atom. The summed E-state index contributed by atoms with van der Waals surface area (Å²) in [6.45, 7) is 9.06. The molecule has 0 unspecified atom stereocenters. The summed E-state index contributed by atoms with van der Waals surface area (Å²) in [4.78, 5) is 31.9. The van der Waals surface area contributed by atoms with E-state index in [-0.39, 0.29) is 16.9 Å². The Balaban J connectivity index is 1.39. The smallest absolute Gasteiger partial charge is 0.257 e. The highest BCUT2D eigenvalue weighted by atomic mass is 16.6. The van der Waals surface area contributed by atoms with Crippen molar-refractivity contribution in [1.29, 1.82) is 0 Å². The van der Waals surface area contributed by atoms with E-state index in [0.29, 0.717) is 55.8 Å². The third-order valence-corrected chi connectivity index (χ3v) is 5.80. The van der Waals surface area contributed by atoms with Crippen molar-refractivity contribution >= 4 is 5.91 Å². The summed E-state index contributed by atoms with van der Waals surface area (Å²) >= 11 is 0. The molecule has 4 rings (SSSR count). The number of nitrogens with zero attached hydrogens (tertiary/aromatic N) is 3. The van der Waals surface area contributed by atoms with Gasteiger partial charge in [-0.3, -0.25) is 14.2 Å². The molecule has 0 aliphatic carbocycles. The number of hydrogen-bond donors (Lipinski definition) is 0. The van der Waals surface area contributed by atoms with Crippen LogP contribution in [0.15, 0.2) is 35.4 Å². The summed E-state index contributed by atoms with van der Waals surface area (Å²) in [5.74, 6) is 1.50. The molecule has 0 radical (unpaired) electrons. The van der Waals surface area contributed by atoms with Crippen molar-refractivity contribution in [2.45, 2.75) is 45.6 Å². The van der Waals surface area contributed by atoms with Gasteiger partial charge < -0.3 is 14.4 Å². The number of amides is 1. The normalized spacial score (nSPS) is 17.1. The van der Waals surface area contributed by atoms with E-state index in [2.05, 4.69) is 4.98 Å². The van der Waals surface area contributed by atoms with Crippen LogP contribution < -0.4 is 15.0 Å². The van der Waals surface area contributed by atoms with E-state index in [1.807, 2.05) is 37.8 Å². The number of carbonyl (C=O) groups excluding carboxylic acids is 1. The Morgan fingerprint density at radius 1 is 1.17 bits per heavy atom. The Morgan fingerprint density at radius 2 is 1.90 bits per heavy atom. The lowest BCUT2D eigenvalue weighted by Crippen LogP contribution is -2.40.